The van der Waals surface area contributed by atoms with Crippen LogP contribution in [0.2, 0.25) is 0 Å². The van der Waals surface area contributed by atoms with E-state index in [4.69, 9.17) is 5.84 Å². The fraction of sp³-hybridized carbons (Fsp3) is 0.385. The van der Waals surface area contributed by atoms with E-state index < -0.39 is 0 Å². The maximum atomic E-state index is 5.48. The molecule has 0 atom stereocenters. The van der Waals surface area contributed by atoms with Gasteiger partial charge < -0.3 is 10.7 Å². The van der Waals surface area contributed by atoms with Crippen molar-refractivity contribution in [1.82, 2.24) is 19.9 Å². The molecule has 0 amide bonds. The van der Waals surface area contributed by atoms with Crippen LogP contribution in [0.1, 0.15) is 29.8 Å². The normalized spacial score (nSPS) is 10.4. The second-order valence-corrected chi connectivity index (χ2v) is 4.41. The van der Waals surface area contributed by atoms with Gasteiger partial charge in [0.2, 0.25) is 0 Å². The van der Waals surface area contributed by atoms with E-state index in [0.717, 1.165) is 35.1 Å². The minimum Gasteiger partial charge on any atom is -0.364 e. The molecule has 0 bridgehead atoms. The molecule has 20 heavy (non-hydrogen) atoms. The zero-order valence-corrected chi connectivity index (χ0v) is 11.9. The summed E-state index contributed by atoms with van der Waals surface area (Å²) in [6, 6.07) is 1.87. The molecule has 2 aromatic heterocycles. The minimum atomic E-state index is 0.578. The van der Waals surface area contributed by atoms with E-state index in [9.17, 15) is 0 Å². The number of aromatic nitrogens is 4. The highest BCUT2D eigenvalue weighted by Crippen LogP contribution is 2.19. The lowest BCUT2D eigenvalue weighted by Gasteiger charge is -2.13. The van der Waals surface area contributed by atoms with Crippen molar-refractivity contribution in [3.63, 3.8) is 0 Å². The van der Waals surface area contributed by atoms with E-state index in [0.29, 0.717) is 12.4 Å². The Balaban J connectivity index is 2.20. The highest BCUT2D eigenvalue weighted by molar-refractivity contribution is 5.56. The van der Waals surface area contributed by atoms with Crippen LogP contribution in [0.15, 0.2) is 12.3 Å². The van der Waals surface area contributed by atoms with Crippen LogP contribution in [-0.4, -0.2) is 19.9 Å². The number of nitrogens with two attached hydrogens (primary N) is 1. The quantitative estimate of drug-likeness (QED) is 0.558. The van der Waals surface area contributed by atoms with Crippen molar-refractivity contribution in [2.75, 3.05) is 10.7 Å². The summed E-state index contributed by atoms with van der Waals surface area (Å²) in [6.45, 7) is 6.37. The third-order valence-corrected chi connectivity index (χ3v) is 2.92. The van der Waals surface area contributed by atoms with E-state index in [-0.39, 0.29) is 0 Å². The molecule has 0 saturated heterocycles. The molecule has 0 saturated carbocycles. The summed E-state index contributed by atoms with van der Waals surface area (Å²) in [6.07, 6.45) is 2.49. The first-order valence-corrected chi connectivity index (χ1v) is 6.50. The molecule has 0 fully saturated rings. The van der Waals surface area contributed by atoms with Gasteiger partial charge in [-0.05, 0) is 19.9 Å². The molecule has 2 aromatic rings. The number of nitrogen functional groups attached to an aromatic ring is 1. The monoisotopic (exact) mass is 273 g/mol. The van der Waals surface area contributed by atoms with Crippen LogP contribution in [0.25, 0.3) is 0 Å². The smallest absolute Gasteiger partial charge is 0.148 e. The standard InChI is InChI=1S/C13H19N7/c1-4-11-18-12(8(2)13(19-11)20-14)16-7-10-5-6-15-9(3)17-10/h5-6H,4,7,14H2,1-3H3,(H2,16,18,19,20). The zero-order valence-electron chi connectivity index (χ0n) is 11.9. The molecule has 106 valence electrons. The lowest BCUT2D eigenvalue weighted by molar-refractivity contribution is 0.907. The van der Waals surface area contributed by atoms with Crippen LogP contribution in [-0.2, 0) is 13.0 Å². The number of anilines is 2. The Morgan fingerprint density at radius 1 is 1.15 bits per heavy atom. The van der Waals surface area contributed by atoms with Crippen LogP contribution in [0.5, 0.6) is 0 Å². The van der Waals surface area contributed by atoms with Gasteiger partial charge in [-0.3, -0.25) is 0 Å². The molecule has 0 aromatic carbocycles. The highest BCUT2D eigenvalue weighted by Gasteiger charge is 2.09. The number of aryl methyl sites for hydroxylation is 2. The molecule has 2 heterocycles. The minimum absolute atomic E-state index is 0.578. The Hall–Kier alpha value is -2.28. The third-order valence-electron chi connectivity index (χ3n) is 2.92. The second-order valence-electron chi connectivity index (χ2n) is 4.41. The van der Waals surface area contributed by atoms with Crippen molar-refractivity contribution >= 4 is 11.6 Å². The molecule has 0 unspecified atom stereocenters. The van der Waals surface area contributed by atoms with Gasteiger partial charge in [-0.1, -0.05) is 6.92 Å². The summed E-state index contributed by atoms with van der Waals surface area (Å²) in [7, 11) is 0. The Morgan fingerprint density at radius 3 is 2.55 bits per heavy atom. The van der Waals surface area contributed by atoms with Gasteiger partial charge in [0.25, 0.3) is 0 Å². The summed E-state index contributed by atoms with van der Waals surface area (Å²) in [5.41, 5.74) is 4.40. The molecule has 7 nitrogen and oxygen atoms in total. The van der Waals surface area contributed by atoms with E-state index in [2.05, 4.69) is 30.7 Å². The lowest BCUT2D eigenvalue weighted by Crippen LogP contribution is -2.15. The van der Waals surface area contributed by atoms with Gasteiger partial charge in [0.1, 0.15) is 23.3 Å². The topological polar surface area (TPSA) is 102 Å². The molecule has 0 radical (unpaired) electrons. The van der Waals surface area contributed by atoms with Crippen LogP contribution >= 0.6 is 0 Å². The fourth-order valence-electron chi connectivity index (χ4n) is 1.81. The largest absolute Gasteiger partial charge is 0.364 e. The molecular formula is C13H19N7. The average Bonchev–Trinajstić information content (AvgIpc) is 2.46. The Kier molecular flexibility index (Phi) is 4.41. The summed E-state index contributed by atoms with van der Waals surface area (Å²) in [5.74, 6) is 8.38. The van der Waals surface area contributed by atoms with Crippen molar-refractivity contribution in [1.29, 1.82) is 0 Å². The molecule has 7 heteroatoms. The van der Waals surface area contributed by atoms with Crippen molar-refractivity contribution in [3.8, 4) is 0 Å². The van der Waals surface area contributed by atoms with Crippen LogP contribution < -0.4 is 16.6 Å². The third kappa shape index (κ3) is 3.18. The SMILES string of the molecule is CCc1nc(NN)c(C)c(NCc2ccnc(C)n2)n1. The average molecular weight is 273 g/mol. The Labute approximate surface area is 118 Å². The molecule has 0 aliphatic rings. The Bertz CT molecular complexity index is 597. The van der Waals surface area contributed by atoms with Crippen molar-refractivity contribution in [2.45, 2.75) is 33.7 Å². The number of hydrogen-bond acceptors (Lipinski definition) is 7. The first kappa shape index (κ1) is 14.1. The van der Waals surface area contributed by atoms with Gasteiger partial charge in [0, 0.05) is 18.2 Å². The summed E-state index contributed by atoms with van der Waals surface area (Å²) in [4.78, 5) is 17.2. The number of rotatable bonds is 5. The first-order chi connectivity index (χ1) is 9.63. The van der Waals surface area contributed by atoms with E-state index in [1.54, 1.807) is 6.20 Å². The van der Waals surface area contributed by atoms with Gasteiger partial charge in [-0.25, -0.2) is 25.8 Å². The van der Waals surface area contributed by atoms with Crippen LogP contribution in [0.4, 0.5) is 11.6 Å². The predicted octanol–water partition coefficient (Wildman–Crippen LogP) is 1.34. The fourth-order valence-corrected chi connectivity index (χ4v) is 1.81. The number of hydrazine groups is 1. The Morgan fingerprint density at radius 2 is 1.90 bits per heavy atom. The first-order valence-electron chi connectivity index (χ1n) is 6.50. The summed E-state index contributed by atoms with van der Waals surface area (Å²) in [5, 5.41) is 3.27. The molecular weight excluding hydrogens is 254 g/mol. The van der Waals surface area contributed by atoms with Crippen molar-refractivity contribution in [2.24, 2.45) is 5.84 Å². The van der Waals surface area contributed by atoms with Crippen molar-refractivity contribution < 1.29 is 0 Å². The maximum Gasteiger partial charge on any atom is 0.148 e. The van der Waals surface area contributed by atoms with Gasteiger partial charge in [0.15, 0.2) is 0 Å². The maximum absolute atomic E-state index is 5.48. The van der Waals surface area contributed by atoms with E-state index in [1.165, 1.54) is 0 Å². The van der Waals surface area contributed by atoms with E-state index >= 15 is 0 Å². The molecule has 2 rings (SSSR count). The molecule has 0 aliphatic heterocycles. The molecule has 4 N–H and O–H groups in total. The lowest BCUT2D eigenvalue weighted by atomic mass is 10.3. The van der Waals surface area contributed by atoms with Crippen molar-refractivity contribution in [3.05, 3.63) is 35.2 Å². The molecule has 0 aliphatic carbocycles. The van der Waals surface area contributed by atoms with Gasteiger partial charge in [-0.2, -0.15) is 0 Å². The van der Waals surface area contributed by atoms with Crippen LogP contribution in [0, 0.1) is 13.8 Å². The highest BCUT2D eigenvalue weighted by atomic mass is 15.3. The van der Waals surface area contributed by atoms with E-state index in [1.807, 2.05) is 26.8 Å². The molecule has 0 spiro atoms. The van der Waals surface area contributed by atoms with Gasteiger partial charge >= 0.3 is 0 Å². The van der Waals surface area contributed by atoms with Crippen LogP contribution in [0.3, 0.4) is 0 Å². The number of nitrogens with zero attached hydrogens (tertiary/aromatic N) is 4. The zero-order chi connectivity index (χ0) is 14.5. The number of hydrogen-bond donors (Lipinski definition) is 3. The summed E-state index contributed by atoms with van der Waals surface area (Å²) < 4.78 is 0. The van der Waals surface area contributed by atoms with Gasteiger partial charge in [-0.15, -0.1) is 0 Å². The predicted molar refractivity (Wildman–Crippen MR) is 78.1 cm³/mol. The second kappa shape index (κ2) is 6.25. The number of nitrogens with one attached hydrogen (secondary N) is 2. The van der Waals surface area contributed by atoms with Gasteiger partial charge in [0.05, 0.1) is 12.2 Å². The summed E-state index contributed by atoms with van der Waals surface area (Å²) >= 11 is 0.